The summed E-state index contributed by atoms with van der Waals surface area (Å²) in [4.78, 5) is 11.8. The smallest absolute Gasteiger partial charge is 0.373 e. The zero-order valence-electron chi connectivity index (χ0n) is 11.5. The summed E-state index contributed by atoms with van der Waals surface area (Å²) in [5.74, 6) is -0.115. The highest BCUT2D eigenvalue weighted by Crippen LogP contribution is 2.42. The van der Waals surface area contributed by atoms with Gasteiger partial charge in [0.25, 0.3) is 0 Å². The van der Waals surface area contributed by atoms with E-state index in [0.717, 1.165) is 11.1 Å². The minimum absolute atomic E-state index is 0.138. The summed E-state index contributed by atoms with van der Waals surface area (Å²) < 4.78 is 10.7. The molecule has 1 aromatic rings. The highest BCUT2D eigenvalue weighted by atomic mass is 16.6. The molecule has 0 saturated heterocycles. The predicted octanol–water partition coefficient (Wildman–Crippen LogP) is 3.27. The van der Waals surface area contributed by atoms with Crippen molar-refractivity contribution >= 4 is 12.0 Å². The molecule has 0 amide bonds. The molecule has 1 heterocycles. The Morgan fingerprint density at radius 1 is 1.42 bits per heavy atom. The van der Waals surface area contributed by atoms with Crippen molar-refractivity contribution in [1.82, 2.24) is 0 Å². The molecule has 0 aliphatic carbocycles. The number of hydrogen-bond acceptors (Lipinski definition) is 3. The second-order valence-corrected chi connectivity index (χ2v) is 4.84. The second kappa shape index (κ2) is 4.92. The molecule has 1 unspecified atom stereocenters. The van der Waals surface area contributed by atoms with Gasteiger partial charge in [0.05, 0.1) is 7.11 Å². The number of methoxy groups -OCH3 is 1. The Labute approximate surface area is 113 Å². The molecule has 0 aromatic heterocycles. The molecule has 0 fully saturated rings. The van der Waals surface area contributed by atoms with Gasteiger partial charge < -0.3 is 9.47 Å². The lowest BCUT2D eigenvalue weighted by Gasteiger charge is -2.39. The minimum Gasteiger partial charge on any atom is -0.471 e. The lowest BCUT2D eigenvalue weighted by Crippen LogP contribution is -2.37. The first-order valence-electron chi connectivity index (χ1n) is 6.27. The molecule has 0 N–H and O–H groups in total. The number of ether oxygens (including phenoxy) is 2. The highest BCUT2D eigenvalue weighted by molar-refractivity contribution is 5.92. The Kier molecular flexibility index (Phi) is 3.47. The van der Waals surface area contributed by atoms with Crippen LogP contribution in [0.25, 0.3) is 6.08 Å². The third-order valence-electron chi connectivity index (χ3n) is 3.49. The quantitative estimate of drug-likeness (QED) is 0.616. The number of carbonyl (C=O) groups excluding carboxylic acids is 1. The van der Waals surface area contributed by atoms with Crippen LogP contribution < -0.4 is 0 Å². The summed E-state index contributed by atoms with van der Waals surface area (Å²) in [6, 6.07) is 7.85. The molecule has 2 rings (SSSR count). The van der Waals surface area contributed by atoms with Gasteiger partial charge in [-0.2, -0.15) is 0 Å². The van der Waals surface area contributed by atoms with Crippen LogP contribution in [0.1, 0.15) is 25.0 Å². The van der Waals surface area contributed by atoms with Crippen LogP contribution in [0, 0.1) is 5.92 Å². The molecule has 1 aromatic carbocycles. The van der Waals surface area contributed by atoms with Crippen LogP contribution in [0.2, 0.25) is 0 Å². The maximum atomic E-state index is 11.8. The molecule has 0 saturated carbocycles. The topological polar surface area (TPSA) is 35.5 Å². The van der Waals surface area contributed by atoms with Gasteiger partial charge in [-0.15, -0.1) is 0 Å². The summed E-state index contributed by atoms with van der Waals surface area (Å²) >= 11 is 0. The SMILES string of the molecule is C=CC1(C(C)C)OC(C(=O)OC)=Cc2ccccc21. The molecule has 1 aliphatic heterocycles. The van der Waals surface area contributed by atoms with Gasteiger partial charge in [-0.25, -0.2) is 4.79 Å². The Morgan fingerprint density at radius 3 is 2.68 bits per heavy atom. The number of benzene rings is 1. The fourth-order valence-electron chi connectivity index (χ4n) is 2.40. The molecule has 1 atom stereocenters. The number of hydrogen-bond donors (Lipinski definition) is 0. The summed E-state index contributed by atoms with van der Waals surface area (Å²) in [6.07, 6.45) is 3.47. The van der Waals surface area contributed by atoms with Gasteiger partial charge in [0, 0.05) is 11.5 Å². The van der Waals surface area contributed by atoms with Gasteiger partial charge in [0.1, 0.15) is 0 Å². The van der Waals surface area contributed by atoms with Crippen molar-refractivity contribution in [3.05, 3.63) is 53.8 Å². The number of carbonyl (C=O) groups is 1. The van der Waals surface area contributed by atoms with E-state index in [0.29, 0.717) is 0 Å². The largest absolute Gasteiger partial charge is 0.471 e. The maximum absolute atomic E-state index is 11.8. The van der Waals surface area contributed by atoms with E-state index in [4.69, 9.17) is 9.47 Å². The first-order chi connectivity index (χ1) is 9.05. The molecular weight excluding hydrogens is 240 g/mol. The fraction of sp³-hybridized carbons (Fsp3) is 0.312. The molecular formula is C16H18O3. The van der Waals surface area contributed by atoms with E-state index < -0.39 is 11.6 Å². The van der Waals surface area contributed by atoms with Gasteiger partial charge in [-0.1, -0.05) is 44.7 Å². The van der Waals surface area contributed by atoms with Gasteiger partial charge in [0.2, 0.25) is 5.76 Å². The molecule has 1 aliphatic rings. The molecule has 0 bridgehead atoms. The van der Waals surface area contributed by atoms with E-state index >= 15 is 0 Å². The third-order valence-corrected chi connectivity index (χ3v) is 3.49. The van der Waals surface area contributed by atoms with Crippen molar-refractivity contribution in [2.45, 2.75) is 19.4 Å². The standard InChI is InChI=1S/C16H18O3/c1-5-16(11(2)3)13-9-7-6-8-12(13)10-14(19-16)15(17)18-4/h5-11H,1H2,2-4H3. The average Bonchev–Trinajstić information content (AvgIpc) is 2.44. The van der Waals surface area contributed by atoms with Gasteiger partial charge in [-0.05, 0) is 17.7 Å². The maximum Gasteiger partial charge on any atom is 0.373 e. The number of rotatable bonds is 3. The monoisotopic (exact) mass is 258 g/mol. The van der Waals surface area contributed by atoms with E-state index in [9.17, 15) is 4.79 Å². The Bertz CT molecular complexity index is 543. The van der Waals surface area contributed by atoms with Crippen LogP contribution in [-0.4, -0.2) is 13.1 Å². The Balaban J connectivity index is 2.64. The summed E-state index contributed by atoms with van der Waals surface area (Å²) in [5.41, 5.74) is 1.28. The van der Waals surface area contributed by atoms with Gasteiger partial charge >= 0.3 is 5.97 Å². The van der Waals surface area contributed by atoms with E-state index in [-0.39, 0.29) is 11.7 Å². The third kappa shape index (κ3) is 2.05. The van der Waals surface area contributed by atoms with E-state index in [1.54, 1.807) is 12.2 Å². The lowest BCUT2D eigenvalue weighted by atomic mass is 9.79. The highest BCUT2D eigenvalue weighted by Gasteiger charge is 2.41. The van der Waals surface area contributed by atoms with Crippen molar-refractivity contribution in [2.75, 3.05) is 7.11 Å². The van der Waals surface area contributed by atoms with Crippen molar-refractivity contribution in [2.24, 2.45) is 5.92 Å². The molecule has 100 valence electrons. The van der Waals surface area contributed by atoms with Crippen LogP contribution >= 0.6 is 0 Å². The first-order valence-corrected chi connectivity index (χ1v) is 6.27. The van der Waals surface area contributed by atoms with Crippen LogP contribution in [0.15, 0.2) is 42.7 Å². The molecule has 3 heteroatoms. The minimum atomic E-state index is -0.700. The van der Waals surface area contributed by atoms with Crippen molar-refractivity contribution in [1.29, 1.82) is 0 Å². The number of esters is 1. The first kappa shape index (κ1) is 13.4. The van der Waals surface area contributed by atoms with Crippen molar-refractivity contribution < 1.29 is 14.3 Å². The summed E-state index contributed by atoms with van der Waals surface area (Å²) in [6.45, 7) is 7.97. The zero-order chi connectivity index (χ0) is 14.0. The number of fused-ring (bicyclic) bond motifs is 1. The Hall–Kier alpha value is -2.03. The Morgan fingerprint density at radius 2 is 2.11 bits per heavy atom. The molecule has 0 radical (unpaired) electrons. The second-order valence-electron chi connectivity index (χ2n) is 4.84. The lowest BCUT2D eigenvalue weighted by molar-refractivity contribution is -0.144. The van der Waals surface area contributed by atoms with Crippen molar-refractivity contribution in [3.8, 4) is 0 Å². The van der Waals surface area contributed by atoms with Crippen LogP contribution in [-0.2, 0) is 19.9 Å². The van der Waals surface area contributed by atoms with Crippen LogP contribution in [0.3, 0.4) is 0 Å². The predicted molar refractivity (Wildman–Crippen MR) is 74.2 cm³/mol. The fourth-order valence-corrected chi connectivity index (χ4v) is 2.40. The van der Waals surface area contributed by atoms with E-state index in [1.165, 1.54) is 7.11 Å². The average molecular weight is 258 g/mol. The van der Waals surface area contributed by atoms with Crippen LogP contribution in [0.5, 0.6) is 0 Å². The van der Waals surface area contributed by atoms with E-state index in [1.807, 2.05) is 38.1 Å². The zero-order valence-corrected chi connectivity index (χ0v) is 11.5. The normalized spacial score (nSPS) is 21.2. The van der Waals surface area contributed by atoms with E-state index in [2.05, 4.69) is 6.58 Å². The van der Waals surface area contributed by atoms with Gasteiger partial charge in [-0.3, -0.25) is 0 Å². The van der Waals surface area contributed by atoms with Crippen LogP contribution in [0.4, 0.5) is 0 Å². The molecule has 19 heavy (non-hydrogen) atoms. The molecule has 3 nitrogen and oxygen atoms in total. The summed E-state index contributed by atoms with van der Waals surface area (Å²) in [7, 11) is 1.35. The van der Waals surface area contributed by atoms with Gasteiger partial charge in [0.15, 0.2) is 5.60 Å². The summed E-state index contributed by atoms with van der Waals surface area (Å²) in [5, 5.41) is 0. The van der Waals surface area contributed by atoms with Crippen molar-refractivity contribution in [3.63, 3.8) is 0 Å². The molecule has 0 spiro atoms.